The minimum absolute atomic E-state index is 0.124. The maximum absolute atomic E-state index is 14.8. The summed E-state index contributed by atoms with van der Waals surface area (Å²) in [4.78, 5) is 48.4. The molecule has 1 aromatic heterocycles. The van der Waals surface area contributed by atoms with E-state index in [1.165, 1.54) is 25.3 Å². The number of halogens is 2. The van der Waals surface area contributed by atoms with Gasteiger partial charge in [0.2, 0.25) is 11.9 Å². The third-order valence-corrected chi connectivity index (χ3v) is 8.04. The molecular weight excluding hydrogens is 524 g/mol. The molecule has 2 fully saturated rings. The summed E-state index contributed by atoms with van der Waals surface area (Å²) >= 11 is 0. The third-order valence-electron chi connectivity index (χ3n) is 8.04. The van der Waals surface area contributed by atoms with Crippen molar-refractivity contribution in [2.24, 2.45) is 11.7 Å². The highest BCUT2D eigenvalue weighted by Crippen LogP contribution is 2.40. The summed E-state index contributed by atoms with van der Waals surface area (Å²) in [5.74, 6) is -5.33. The maximum Gasteiger partial charge on any atom is 0.342 e. The van der Waals surface area contributed by atoms with Crippen molar-refractivity contribution >= 4 is 40.9 Å². The first kappa shape index (κ1) is 27.5. The second-order valence-corrected chi connectivity index (χ2v) is 10.6. The summed E-state index contributed by atoms with van der Waals surface area (Å²) in [5, 5.41) is 5.95. The van der Waals surface area contributed by atoms with E-state index < -0.39 is 30.2 Å². The number of hydrogen-bond acceptors (Lipinski definition) is 8. The van der Waals surface area contributed by atoms with Crippen molar-refractivity contribution in [3.63, 3.8) is 0 Å². The number of nitrogens with one attached hydrogen (secondary N) is 2. The summed E-state index contributed by atoms with van der Waals surface area (Å²) in [5.41, 5.74) is 6.46. The summed E-state index contributed by atoms with van der Waals surface area (Å²) in [6.07, 6.45) is 6.80. The zero-order valence-electron chi connectivity index (χ0n) is 22.5. The Balaban J connectivity index is 1.40. The first-order valence-electron chi connectivity index (χ1n) is 13.4. The number of aromatic nitrogens is 2. The average Bonchev–Trinajstić information content (AvgIpc) is 3.62. The molecule has 0 spiro atoms. The fourth-order valence-corrected chi connectivity index (χ4v) is 5.89. The second-order valence-electron chi connectivity index (χ2n) is 10.6. The highest BCUT2D eigenvalue weighted by Gasteiger charge is 2.48. The third kappa shape index (κ3) is 5.24. The van der Waals surface area contributed by atoms with Crippen LogP contribution in [-0.4, -0.2) is 66.4 Å². The quantitative estimate of drug-likeness (QED) is 0.472. The minimum atomic E-state index is -3.57. The number of nitrogens with zero attached hydrogens (tertiary/aromatic N) is 4. The van der Waals surface area contributed by atoms with Gasteiger partial charge in [0.05, 0.1) is 31.5 Å². The molecule has 0 saturated heterocycles. The van der Waals surface area contributed by atoms with Crippen molar-refractivity contribution in [3.8, 4) is 5.75 Å². The van der Waals surface area contributed by atoms with Gasteiger partial charge in [-0.05, 0) is 43.9 Å². The van der Waals surface area contributed by atoms with Gasteiger partial charge in [0, 0.05) is 24.7 Å². The largest absolute Gasteiger partial charge is 0.495 e. The maximum atomic E-state index is 14.8. The number of amides is 3. The molecular formula is C27H33F2N7O4. The Kier molecular flexibility index (Phi) is 7.47. The first-order chi connectivity index (χ1) is 19.1. The zero-order chi connectivity index (χ0) is 28.6. The van der Waals surface area contributed by atoms with E-state index in [0.29, 0.717) is 29.8 Å². The lowest BCUT2D eigenvalue weighted by Gasteiger charge is -2.31. The van der Waals surface area contributed by atoms with Gasteiger partial charge in [0.1, 0.15) is 11.4 Å². The van der Waals surface area contributed by atoms with Gasteiger partial charge in [-0.1, -0.05) is 19.3 Å². The van der Waals surface area contributed by atoms with E-state index >= 15 is 0 Å². The lowest BCUT2D eigenvalue weighted by Crippen LogP contribution is -2.48. The molecule has 13 heteroatoms. The van der Waals surface area contributed by atoms with Crippen molar-refractivity contribution < 1.29 is 27.9 Å². The number of anilines is 4. The molecule has 5 rings (SSSR count). The van der Waals surface area contributed by atoms with Gasteiger partial charge in [-0.15, -0.1) is 0 Å². The highest BCUT2D eigenvalue weighted by molar-refractivity contribution is 6.02. The van der Waals surface area contributed by atoms with Crippen molar-refractivity contribution in [3.05, 3.63) is 30.0 Å². The van der Waals surface area contributed by atoms with E-state index in [4.69, 9.17) is 10.5 Å². The molecule has 0 radical (unpaired) electrons. The van der Waals surface area contributed by atoms with Crippen LogP contribution in [0, 0.1) is 5.92 Å². The Morgan fingerprint density at radius 3 is 2.60 bits per heavy atom. The van der Waals surface area contributed by atoms with Crippen LogP contribution in [0.1, 0.15) is 55.3 Å². The van der Waals surface area contributed by atoms with Crippen LogP contribution in [0.3, 0.4) is 0 Å². The molecule has 214 valence electrons. The summed E-state index contributed by atoms with van der Waals surface area (Å²) in [6.45, 7) is -0.755. The van der Waals surface area contributed by atoms with Crippen molar-refractivity contribution in [2.45, 2.75) is 63.0 Å². The van der Waals surface area contributed by atoms with Gasteiger partial charge in [-0.2, -0.15) is 13.8 Å². The zero-order valence-corrected chi connectivity index (χ0v) is 22.5. The van der Waals surface area contributed by atoms with Crippen LogP contribution in [-0.2, 0) is 9.59 Å². The SMILES string of the molecule is COc1cc(C(=O)N[C@H]2CCC[C@H]2C(N)=O)ccc1Nc1ncc2c(n1)N(C1CCCC1)CC(F)(F)C(=O)N2C. The second kappa shape index (κ2) is 10.9. The molecule has 2 aromatic rings. The van der Waals surface area contributed by atoms with E-state index in [-0.39, 0.29) is 35.4 Å². The lowest BCUT2D eigenvalue weighted by atomic mass is 10.0. The molecule has 1 aromatic carbocycles. The standard InChI is InChI=1S/C27H33F2N7O4/c1-35-20-13-31-26(34-23(20)36(16-6-3-4-7-16)14-27(28,29)25(35)39)33-19-11-10-15(12-21(19)40-2)24(38)32-18-9-5-8-17(18)22(30)37/h10-13,16-18H,3-9,14H2,1-2H3,(H2,30,37)(H,32,38)(H,31,33,34)/t17-,18+/m1/s1. The number of hydrogen-bond donors (Lipinski definition) is 3. The summed E-state index contributed by atoms with van der Waals surface area (Å²) < 4.78 is 35.2. The van der Waals surface area contributed by atoms with Gasteiger partial charge in [0.25, 0.3) is 11.8 Å². The molecule has 0 bridgehead atoms. The van der Waals surface area contributed by atoms with Gasteiger partial charge >= 0.3 is 5.92 Å². The number of alkyl halides is 2. The Labute approximate surface area is 230 Å². The fraction of sp³-hybridized carbons (Fsp3) is 0.519. The monoisotopic (exact) mass is 557 g/mol. The molecule has 1 aliphatic heterocycles. The predicted molar refractivity (Wildman–Crippen MR) is 144 cm³/mol. The molecule has 0 unspecified atom stereocenters. The number of rotatable bonds is 7. The van der Waals surface area contributed by atoms with Crippen LogP contribution in [0.4, 0.5) is 31.9 Å². The van der Waals surface area contributed by atoms with Crippen LogP contribution in [0.5, 0.6) is 5.75 Å². The normalized spacial score (nSPS) is 22.6. The number of primary amides is 1. The van der Waals surface area contributed by atoms with Crippen LogP contribution in [0.25, 0.3) is 0 Å². The molecule has 3 amide bonds. The number of carbonyl (C=O) groups excluding carboxylic acids is 3. The lowest BCUT2D eigenvalue weighted by molar-refractivity contribution is -0.140. The highest BCUT2D eigenvalue weighted by atomic mass is 19.3. The van der Waals surface area contributed by atoms with Gasteiger partial charge in [0.15, 0.2) is 5.82 Å². The van der Waals surface area contributed by atoms with Crippen molar-refractivity contribution in [1.82, 2.24) is 15.3 Å². The molecule has 2 atom stereocenters. The number of nitrogens with two attached hydrogens (primary N) is 1. The van der Waals surface area contributed by atoms with Gasteiger partial charge < -0.3 is 30.9 Å². The first-order valence-corrected chi connectivity index (χ1v) is 13.4. The Morgan fingerprint density at radius 2 is 1.90 bits per heavy atom. The molecule has 2 heterocycles. The Bertz CT molecular complexity index is 1320. The molecule has 4 N–H and O–H groups in total. The average molecular weight is 558 g/mol. The topological polar surface area (TPSA) is 143 Å². The van der Waals surface area contributed by atoms with Crippen LogP contribution >= 0.6 is 0 Å². The van der Waals surface area contributed by atoms with Crippen LogP contribution in [0.15, 0.2) is 24.4 Å². The Hall–Kier alpha value is -4.03. The fourth-order valence-electron chi connectivity index (χ4n) is 5.89. The van der Waals surface area contributed by atoms with E-state index in [1.807, 2.05) is 0 Å². The minimum Gasteiger partial charge on any atom is -0.495 e. The predicted octanol–water partition coefficient (Wildman–Crippen LogP) is 2.97. The Morgan fingerprint density at radius 1 is 1.15 bits per heavy atom. The molecule has 11 nitrogen and oxygen atoms in total. The number of methoxy groups -OCH3 is 1. The number of benzene rings is 1. The molecule has 2 aliphatic carbocycles. The summed E-state index contributed by atoms with van der Waals surface area (Å²) in [7, 11) is 2.75. The molecule has 40 heavy (non-hydrogen) atoms. The molecule has 2 saturated carbocycles. The number of fused-ring (bicyclic) bond motifs is 1. The van der Waals surface area contributed by atoms with E-state index in [2.05, 4.69) is 20.6 Å². The van der Waals surface area contributed by atoms with Gasteiger partial charge in [-0.3, -0.25) is 14.4 Å². The van der Waals surface area contributed by atoms with Crippen LogP contribution < -0.4 is 30.9 Å². The summed E-state index contributed by atoms with van der Waals surface area (Å²) in [6, 6.07) is 4.29. The smallest absolute Gasteiger partial charge is 0.342 e. The van der Waals surface area contributed by atoms with Gasteiger partial charge in [-0.25, -0.2) is 4.98 Å². The van der Waals surface area contributed by atoms with Crippen molar-refractivity contribution in [2.75, 3.05) is 35.8 Å². The van der Waals surface area contributed by atoms with E-state index in [0.717, 1.165) is 37.0 Å². The van der Waals surface area contributed by atoms with E-state index in [1.54, 1.807) is 18.2 Å². The molecule has 3 aliphatic rings. The van der Waals surface area contributed by atoms with E-state index in [9.17, 15) is 23.2 Å². The van der Waals surface area contributed by atoms with Crippen LogP contribution in [0.2, 0.25) is 0 Å². The van der Waals surface area contributed by atoms with Crippen molar-refractivity contribution in [1.29, 1.82) is 0 Å². The number of carbonyl (C=O) groups is 3. The number of ether oxygens (including phenoxy) is 1.